The van der Waals surface area contributed by atoms with Crippen LogP contribution in [0.5, 0.6) is 5.75 Å². The normalized spacial score (nSPS) is 17.2. The van der Waals surface area contributed by atoms with E-state index in [0.717, 1.165) is 0 Å². The molecule has 4 nitrogen and oxygen atoms in total. The van der Waals surface area contributed by atoms with Gasteiger partial charge in [0.05, 0.1) is 5.02 Å². The van der Waals surface area contributed by atoms with Crippen LogP contribution in [0.25, 0.3) is 6.08 Å². The Morgan fingerprint density at radius 1 is 1.58 bits per heavy atom. The molecule has 1 fully saturated rings. The molecule has 1 amide bonds. The van der Waals surface area contributed by atoms with Gasteiger partial charge in [-0.2, -0.15) is 0 Å². The minimum Gasteiger partial charge on any atom is -0.506 e. The van der Waals surface area contributed by atoms with E-state index >= 15 is 0 Å². The number of benzene rings is 1. The number of nitrogens with zero attached hydrogens (tertiary/aromatic N) is 1. The van der Waals surface area contributed by atoms with Crippen LogP contribution in [0.4, 0.5) is 0 Å². The van der Waals surface area contributed by atoms with Crippen LogP contribution < -0.4 is 5.32 Å². The van der Waals surface area contributed by atoms with Crippen LogP contribution in [-0.4, -0.2) is 27.6 Å². The second-order valence-corrected chi connectivity index (χ2v) is 5.57. The molecule has 1 heterocycles. The smallest absolute Gasteiger partial charge is 0.276 e. The predicted octanol–water partition coefficient (Wildman–Crippen LogP) is 2.89. The number of phenolic OH excluding ortho intramolecular Hbond substituents is 1. The molecular weight excluding hydrogens is 352 g/mol. The summed E-state index contributed by atoms with van der Waals surface area (Å²) in [6.07, 6.45) is 1.52. The van der Waals surface area contributed by atoms with E-state index in [4.69, 9.17) is 23.8 Å². The zero-order valence-electron chi connectivity index (χ0n) is 9.91. The van der Waals surface area contributed by atoms with Gasteiger partial charge in [0.25, 0.3) is 5.91 Å². The highest BCUT2D eigenvalue weighted by atomic mass is 79.9. The van der Waals surface area contributed by atoms with Crippen molar-refractivity contribution in [2.45, 2.75) is 6.92 Å². The molecule has 0 bridgehead atoms. The van der Waals surface area contributed by atoms with E-state index in [1.165, 1.54) is 11.0 Å². The lowest BCUT2D eigenvalue weighted by molar-refractivity contribution is -0.122. The van der Waals surface area contributed by atoms with Crippen LogP contribution in [0.15, 0.2) is 22.3 Å². The predicted molar refractivity (Wildman–Crippen MR) is 81.9 cm³/mol. The van der Waals surface area contributed by atoms with Crippen LogP contribution in [0.3, 0.4) is 0 Å². The number of hydrogen-bond donors (Lipinski definition) is 2. The zero-order valence-corrected chi connectivity index (χ0v) is 13.1. The Labute approximate surface area is 129 Å². The van der Waals surface area contributed by atoms with Gasteiger partial charge in [0.15, 0.2) is 5.11 Å². The van der Waals surface area contributed by atoms with Gasteiger partial charge in [0.1, 0.15) is 11.4 Å². The Balaban J connectivity index is 2.43. The molecule has 1 aliphatic rings. The van der Waals surface area contributed by atoms with Crippen molar-refractivity contribution in [2.75, 3.05) is 6.54 Å². The van der Waals surface area contributed by atoms with Gasteiger partial charge in [-0.1, -0.05) is 27.5 Å². The lowest BCUT2D eigenvalue weighted by atomic mass is 10.1. The Hall–Kier alpha value is -1.11. The first-order chi connectivity index (χ1) is 8.93. The molecule has 19 heavy (non-hydrogen) atoms. The maximum Gasteiger partial charge on any atom is 0.276 e. The monoisotopic (exact) mass is 360 g/mol. The first-order valence-corrected chi connectivity index (χ1v) is 7.04. The average molecular weight is 362 g/mol. The van der Waals surface area contributed by atoms with Gasteiger partial charge < -0.3 is 10.4 Å². The number of phenols is 1. The van der Waals surface area contributed by atoms with E-state index in [9.17, 15) is 9.90 Å². The number of rotatable bonds is 2. The minimum atomic E-state index is -0.219. The molecule has 2 rings (SSSR count). The van der Waals surface area contributed by atoms with Crippen LogP contribution in [0, 0.1) is 0 Å². The highest BCUT2D eigenvalue weighted by molar-refractivity contribution is 9.10. The average Bonchev–Trinajstić information content (AvgIpc) is 2.60. The van der Waals surface area contributed by atoms with Crippen molar-refractivity contribution in [1.29, 1.82) is 0 Å². The van der Waals surface area contributed by atoms with Crippen molar-refractivity contribution in [1.82, 2.24) is 10.2 Å². The minimum absolute atomic E-state index is 0.0761. The van der Waals surface area contributed by atoms with E-state index in [2.05, 4.69) is 21.2 Å². The summed E-state index contributed by atoms with van der Waals surface area (Å²) in [4.78, 5) is 13.5. The first kappa shape index (κ1) is 14.3. The molecule has 1 saturated heterocycles. The SMILES string of the molecule is CCN1C(=O)/C(=C/c2cc(Br)cc(Cl)c2O)NC1=S. The molecule has 0 saturated carbocycles. The number of carbonyl (C=O) groups excluding carboxylic acids is 1. The molecule has 100 valence electrons. The summed E-state index contributed by atoms with van der Waals surface area (Å²) >= 11 is 14.2. The summed E-state index contributed by atoms with van der Waals surface area (Å²) in [6.45, 7) is 2.33. The molecule has 0 aliphatic carbocycles. The lowest BCUT2D eigenvalue weighted by Crippen LogP contribution is -2.30. The fraction of sp³-hybridized carbons (Fsp3) is 0.167. The summed E-state index contributed by atoms with van der Waals surface area (Å²) < 4.78 is 0.711. The van der Waals surface area contributed by atoms with Crippen molar-refractivity contribution < 1.29 is 9.90 Å². The number of amides is 1. The van der Waals surface area contributed by atoms with Crippen LogP contribution in [-0.2, 0) is 4.79 Å². The maximum atomic E-state index is 12.0. The number of nitrogens with one attached hydrogen (secondary N) is 1. The van der Waals surface area contributed by atoms with Crippen molar-refractivity contribution in [3.05, 3.63) is 32.9 Å². The fourth-order valence-corrected chi connectivity index (χ4v) is 2.87. The van der Waals surface area contributed by atoms with E-state index < -0.39 is 0 Å². The molecule has 0 radical (unpaired) electrons. The third-order valence-electron chi connectivity index (χ3n) is 2.64. The molecule has 2 N–H and O–H groups in total. The number of thiocarbonyl (C=S) groups is 1. The highest BCUT2D eigenvalue weighted by Gasteiger charge is 2.29. The molecular formula is C12H10BrClN2O2S. The van der Waals surface area contributed by atoms with Gasteiger partial charge in [-0.25, -0.2) is 0 Å². The van der Waals surface area contributed by atoms with E-state index in [1.807, 2.05) is 6.92 Å². The third kappa shape index (κ3) is 2.75. The third-order valence-corrected chi connectivity index (χ3v) is 3.70. The van der Waals surface area contributed by atoms with Crippen molar-refractivity contribution in [3.8, 4) is 5.75 Å². The molecule has 0 aromatic heterocycles. The Bertz CT molecular complexity index is 604. The number of halogens is 2. The van der Waals surface area contributed by atoms with E-state index in [1.54, 1.807) is 12.1 Å². The number of aromatic hydroxyl groups is 1. The van der Waals surface area contributed by atoms with Crippen LogP contribution in [0.2, 0.25) is 5.02 Å². The largest absolute Gasteiger partial charge is 0.506 e. The maximum absolute atomic E-state index is 12.0. The Morgan fingerprint density at radius 2 is 2.26 bits per heavy atom. The van der Waals surface area contributed by atoms with Gasteiger partial charge >= 0.3 is 0 Å². The number of likely N-dealkylation sites (N-methyl/N-ethyl adjacent to an activating group) is 1. The molecule has 1 aliphatic heterocycles. The molecule has 7 heteroatoms. The fourth-order valence-electron chi connectivity index (χ4n) is 1.71. The summed E-state index contributed by atoms with van der Waals surface area (Å²) in [5, 5.41) is 13.3. The highest BCUT2D eigenvalue weighted by Crippen LogP contribution is 2.33. The van der Waals surface area contributed by atoms with E-state index in [-0.39, 0.29) is 16.7 Å². The summed E-state index contributed by atoms with van der Waals surface area (Å²) in [5.41, 5.74) is 0.757. The van der Waals surface area contributed by atoms with Crippen molar-refractivity contribution in [3.63, 3.8) is 0 Å². The number of hydrogen-bond acceptors (Lipinski definition) is 3. The summed E-state index contributed by atoms with van der Waals surface area (Å²) in [7, 11) is 0. The number of carbonyl (C=O) groups is 1. The van der Waals surface area contributed by atoms with Gasteiger partial charge in [0, 0.05) is 16.6 Å². The lowest BCUT2D eigenvalue weighted by Gasteiger charge is -2.09. The summed E-state index contributed by atoms with van der Waals surface area (Å²) in [5.74, 6) is -0.296. The quantitative estimate of drug-likeness (QED) is 0.628. The molecule has 1 aromatic carbocycles. The van der Waals surface area contributed by atoms with Gasteiger partial charge in [-0.05, 0) is 37.4 Å². The Morgan fingerprint density at radius 3 is 2.84 bits per heavy atom. The molecule has 0 unspecified atom stereocenters. The first-order valence-electron chi connectivity index (χ1n) is 5.46. The standard InChI is InChI=1S/C12H10BrClN2O2S/c1-2-16-11(18)9(15-12(16)19)4-6-3-7(13)5-8(14)10(6)17/h3-5,17H,2H2,1H3,(H,15,19)/b9-4-. The molecule has 0 spiro atoms. The second-order valence-electron chi connectivity index (χ2n) is 3.86. The summed E-state index contributed by atoms with van der Waals surface area (Å²) in [6, 6.07) is 3.24. The zero-order chi connectivity index (χ0) is 14.2. The second kappa shape index (κ2) is 5.48. The van der Waals surface area contributed by atoms with E-state index in [0.29, 0.717) is 27.4 Å². The van der Waals surface area contributed by atoms with Crippen molar-refractivity contribution in [2.24, 2.45) is 0 Å². The van der Waals surface area contributed by atoms with Gasteiger partial charge in [-0.15, -0.1) is 0 Å². The van der Waals surface area contributed by atoms with Crippen LogP contribution in [0.1, 0.15) is 12.5 Å². The Kier molecular flexibility index (Phi) is 4.13. The topological polar surface area (TPSA) is 52.6 Å². The van der Waals surface area contributed by atoms with Gasteiger partial charge in [-0.3, -0.25) is 9.69 Å². The van der Waals surface area contributed by atoms with Crippen molar-refractivity contribution >= 4 is 56.8 Å². The molecule has 0 atom stereocenters. The molecule has 1 aromatic rings. The van der Waals surface area contributed by atoms with Crippen LogP contribution >= 0.6 is 39.7 Å². The van der Waals surface area contributed by atoms with Gasteiger partial charge in [0.2, 0.25) is 0 Å².